The summed E-state index contributed by atoms with van der Waals surface area (Å²) in [5.41, 5.74) is 1.15. The molecule has 0 radical (unpaired) electrons. The minimum Gasteiger partial charge on any atom is -0.336 e. The minimum absolute atomic E-state index is 0. The van der Waals surface area contributed by atoms with E-state index < -0.39 is 0 Å². The van der Waals surface area contributed by atoms with Crippen molar-refractivity contribution in [2.75, 3.05) is 19.6 Å². The van der Waals surface area contributed by atoms with Crippen molar-refractivity contribution in [1.82, 2.24) is 19.8 Å². The maximum absolute atomic E-state index is 12.8. The molecule has 1 aromatic carbocycles. The number of hydrogen-bond acceptors (Lipinski definition) is 4. The third kappa shape index (κ3) is 3.36. The Morgan fingerprint density at radius 1 is 1.39 bits per heavy atom. The number of halogens is 1. The zero-order chi connectivity index (χ0) is 15.5. The van der Waals surface area contributed by atoms with E-state index in [2.05, 4.69) is 16.4 Å². The van der Waals surface area contributed by atoms with Gasteiger partial charge in [-0.2, -0.15) is 5.26 Å². The molecular weight excluding hydrogens is 314 g/mol. The van der Waals surface area contributed by atoms with Crippen LogP contribution in [0.1, 0.15) is 27.8 Å². The summed E-state index contributed by atoms with van der Waals surface area (Å²) >= 11 is 0. The van der Waals surface area contributed by atoms with E-state index in [0.29, 0.717) is 24.2 Å². The molecular formula is C16H18ClN5O. The van der Waals surface area contributed by atoms with Crippen molar-refractivity contribution in [3.05, 3.63) is 53.6 Å². The lowest BCUT2D eigenvalue weighted by Crippen LogP contribution is -2.49. The topological polar surface area (TPSA) is 74.0 Å². The molecule has 120 valence electrons. The van der Waals surface area contributed by atoms with Crippen LogP contribution in [0, 0.1) is 11.3 Å². The van der Waals surface area contributed by atoms with E-state index in [4.69, 9.17) is 5.26 Å². The van der Waals surface area contributed by atoms with Gasteiger partial charge < -0.3 is 14.8 Å². The summed E-state index contributed by atoms with van der Waals surface area (Å²) < 4.78 is 1.94. The van der Waals surface area contributed by atoms with Crippen LogP contribution in [0.5, 0.6) is 0 Å². The van der Waals surface area contributed by atoms with Gasteiger partial charge in [0, 0.05) is 44.6 Å². The average Bonchev–Trinajstić information content (AvgIpc) is 3.00. The number of carbonyl (C=O) groups is 1. The SMILES string of the molecule is Cl.Cn1ccnc1C1CNCCN1C(=O)c1ccc(C#N)cc1. The van der Waals surface area contributed by atoms with Gasteiger partial charge in [-0.15, -0.1) is 12.4 Å². The maximum Gasteiger partial charge on any atom is 0.254 e. The van der Waals surface area contributed by atoms with Crippen LogP contribution in [0.25, 0.3) is 0 Å². The Morgan fingerprint density at radius 2 is 2.13 bits per heavy atom. The number of carbonyl (C=O) groups excluding carboxylic acids is 1. The number of benzene rings is 1. The molecule has 1 saturated heterocycles. The first-order valence-corrected chi connectivity index (χ1v) is 7.20. The van der Waals surface area contributed by atoms with E-state index in [-0.39, 0.29) is 24.4 Å². The Hall–Kier alpha value is -2.36. The smallest absolute Gasteiger partial charge is 0.254 e. The summed E-state index contributed by atoms with van der Waals surface area (Å²) in [7, 11) is 1.93. The second-order valence-corrected chi connectivity index (χ2v) is 5.30. The van der Waals surface area contributed by atoms with Gasteiger partial charge in [-0.05, 0) is 24.3 Å². The van der Waals surface area contributed by atoms with Crippen LogP contribution in [0.3, 0.4) is 0 Å². The lowest BCUT2D eigenvalue weighted by molar-refractivity contribution is 0.0621. The van der Waals surface area contributed by atoms with Crippen LogP contribution in [0.4, 0.5) is 0 Å². The van der Waals surface area contributed by atoms with Crippen molar-refractivity contribution in [3.8, 4) is 6.07 Å². The van der Waals surface area contributed by atoms with E-state index in [0.717, 1.165) is 12.4 Å². The Bertz CT molecular complexity index is 719. The van der Waals surface area contributed by atoms with Crippen molar-refractivity contribution >= 4 is 18.3 Å². The molecule has 1 unspecified atom stereocenters. The summed E-state index contributed by atoms with van der Waals surface area (Å²) in [5.74, 6) is 0.841. The molecule has 1 amide bonds. The molecule has 6 nitrogen and oxygen atoms in total. The van der Waals surface area contributed by atoms with Gasteiger partial charge in [0.15, 0.2) is 0 Å². The number of imidazole rings is 1. The van der Waals surface area contributed by atoms with Gasteiger partial charge >= 0.3 is 0 Å². The third-order valence-electron chi connectivity index (χ3n) is 3.92. The number of nitrogens with zero attached hydrogens (tertiary/aromatic N) is 4. The van der Waals surface area contributed by atoms with E-state index in [1.165, 1.54) is 0 Å². The number of hydrogen-bond donors (Lipinski definition) is 1. The van der Waals surface area contributed by atoms with Crippen molar-refractivity contribution in [1.29, 1.82) is 5.26 Å². The van der Waals surface area contributed by atoms with E-state index in [9.17, 15) is 4.79 Å². The van der Waals surface area contributed by atoms with Gasteiger partial charge in [0.1, 0.15) is 11.9 Å². The van der Waals surface area contributed by atoms with Crippen LogP contribution in [0.2, 0.25) is 0 Å². The fourth-order valence-corrected chi connectivity index (χ4v) is 2.73. The van der Waals surface area contributed by atoms with E-state index >= 15 is 0 Å². The van der Waals surface area contributed by atoms with Crippen molar-refractivity contribution in [2.24, 2.45) is 7.05 Å². The Labute approximate surface area is 141 Å². The lowest BCUT2D eigenvalue weighted by atomic mass is 10.1. The number of nitrogens with one attached hydrogen (secondary N) is 1. The molecule has 23 heavy (non-hydrogen) atoms. The highest BCUT2D eigenvalue weighted by molar-refractivity contribution is 5.94. The lowest BCUT2D eigenvalue weighted by Gasteiger charge is -2.35. The second kappa shape index (κ2) is 7.27. The Kier molecular flexibility index (Phi) is 5.37. The first-order chi connectivity index (χ1) is 10.7. The molecule has 3 rings (SSSR count). The molecule has 1 aromatic heterocycles. The average molecular weight is 332 g/mol. The molecule has 1 atom stereocenters. The standard InChI is InChI=1S/C16H17N5O.ClH/c1-20-8-7-19-15(20)14-11-18-6-9-21(14)16(22)13-4-2-12(10-17)3-5-13;/h2-5,7-8,14,18H,6,9,11H2,1H3;1H. The van der Waals surface area contributed by atoms with Gasteiger partial charge in [0.05, 0.1) is 11.6 Å². The molecule has 2 aromatic rings. The van der Waals surface area contributed by atoms with Gasteiger partial charge in [-0.1, -0.05) is 0 Å². The summed E-state index contributed by atoms with van der Waals surface area (Å²) in [6, 6.07) is 8.73. The normalized spacial score (nSPS) is 17.2. The number of piperazine rings is 1. The number of aryl methyl sites for hydroxylation is 1. The predicted molar refractivity (Wildman–Crippen MR) is 88.3 cm³/mol. The fourth-order valence-electron chi connectivity index (χ4n) is 2.73. The predicted octanol–water partition coefficient (Wildman–Crippen LogP) is 1.50. The molecule has 7 heteroatoms. The monoisotopic (exact) mass is 331 g/mol. The number of amides is 1. The molecule has 1 N–H and O–H groups in total. The van der Waals surface area contributed by atoms with Crippen molar-refractivity contribution in [3.63, 3.8) is 0 Å². The highest BCUT2D eigenvalue weighted by Gasteiger charge is 2.30. The summed E-state index contributed by atoms with van der Waals surface area (Å²) in [6.07, 6.45) is 3.63. The molecule has 0 aliphatic carbocycles. The zero-order valence-corrected chi connectivity index (χ0v) is 13.6. The molecule has 0 bridgehead atoms. The molecule has 1 aliphatic rings. The zero-order valence-electron chi connectivity index (χ0n) is 12.8. The number of aromatic nitrogens is 2. The largest absolute Gasteiger partial charge is 0.336 e. The number of rotatable bonds is 2. The maximum atomic E-state index is 12.8. The molecule has 1 aliphatic heterocycles. The van der Waals surface area contributed by atoms with Gasteiger partial charge in [0.2, 0.25) is 0 Å². The number of nitriles is 1. The second-order valence-electron chi connectivity index (χ2n) is 5.30. The van der Waals surface area contributed by atoms with Crippen LogP contribution in [-0.2, 0) is 7.05 Å². The van der Waals surface area contributed by atoms with Gasteiger partial charge in [0.25, 0.3) is 5.91 Å². The Balaban J connectivity index is 0.00000192. The van der Waals surface area contributed by atoms with Crippen LogP contribution < -0.4 is 5.32 Å². The first-order valence-electron chi connectivity index (χ1n) is 7.20. The van der Waals surface area contributed by atoms with Crippen molar-refractivity contribution < 1.29 is 4.79 Å². The highest BCUT2D eigenvalue weighted by Crippen LogP contribution is 2.22. The summed E-state index contributed by atoms with van der Waals surface area (Å²) in [5, 5.41) is 12.2. The Morgan fingerprint density at radius 3 is 2.74 bits per heavy atom. The van der Waals surface area contributed by atoms with E-state index in [1.807, 2.05) is 22.7 Å². The highest BCUT2D eigenvalue weighted by atomic mass is 35.5. The fraction of sp³-hybridized carbons (Fsp3) is 0.312. The van der Waals surface area contributed by atoms with Crippen LogP contribution >= 0.6 is 12.4 Å². The van der Waals surface area contributed by atoms with Crippen molar-refractivity contribution in [2.45, 2.75) is 6.04 Å². The summed E-state index contributed by atoms with van der Waals surface area (Å²) in [6.45, 7) is 2.09. The quantitative estimate of drug-likeness (QED) is 0.905. The van der Waals surface area contributed by atoms with Gasteiger partial charge in [-0.3, -0.25) is 4.79 Å². The molecule has 2 heterocycles. The van der Waals surface area contributed by atoms with Crippen LogP contribution in [-0.4, -0.2) is 40.0 Å². The third-order valence-corrected chi connectivity index (χ3v) is 3.92. The molecule has 0 spiro atoms. The summed E-state index contributed by atoms with van der Waals surface area (Å²) in [4.78, 5) is 19.0. The molecule has 0 saturated carbocycles. The van der Waals surface area contributed by atoms with Gasteiger partial charge in [-0.25, -0.2) is 4.98 Å². The van der Waals surface area contributed by atoms with E-state index in [1.54, 1.807) is 30.5 Å². The minimum atomic E-state index is -0.0862. The molecule has 1 fully saturated rings. The van der Waals surface area contributed by atoms with Crippen LogP contribution in [0.15, 0.2) is 36.7 Å². The first kappa shape index (κ1) is 17.0.